The Labute approximate surface area is 98.7 Å². The van der Waals surface area contributed by atoms with Crippen molar-refractivity contribution in [2.45, 2.75) is 38.5 Å². The minimum absolute atomic E-state index is 1.19. The minimum atomic E-state index is 1.19. The lowest BCUT2D eigenvalue weighted by molar-refractivity contribution is 0.672. The van der Waals surface area contributed by atoms with Gasteiger partial charge in [-0.1, -0.05) is 60.6 Å². The molecule has 0 atom stereocenters. The summed E-state index contributed by atoms with van der Waals surface area (Å²) in [6, 6.07) is 10.8. The van der Waals surface area contributed by atoms with Crippen molar-refractivity contribution < 1.29 is 0 Å². The van der Waals surface area contributed by atoms with Crippen molar-refractivity contribution in [3.8, 4) is 0 Å². The van der Waals surface area contributed by atoms with Gasteiger partial charge in [-0.15, -0.1) is 0 Å². The Balaban J connectivity index is 1.55. The van der Waals surface area contributed by atoms with Gasteiger partial charge in [-0.2, -0.15) is 0 Å². The van der Waals surface area contributed by atoms with E-state index in [1.807, 2.05) is 0 Å². The number of unbranched alkanes of at least 4 members (excludes halogenated alkanes) is 2. The summed E-state index contributed by atoms with van der Waals surface area (Å²) in [7, 11) is 0. The second-order valence-corrected chi connectivity index (χ2v) is 4.50. The zero-order chi connectivity index (χ0) is 11.1. The van der Waals surface area contributed by atoms with Gasteiger partial charge < -0.3 is 0 Å². The van der Waals surface area contributed by atoms with E-state index in [2.05, 4.69) is 48.6 Å². The SMILES string of the molecule is C1=CCC(CCCCCc2ccccc2)=C1. The van der Waals surface area contributed by atoms with E-state index in [-0.39, 0.29) is 0 Å². The van der Waals surface area contributed by atoms with Crippen molar-refractivity contribution in [3.63, 3.8) is 0 Å². The average molecular weight is 212 g/mol. The molecule has 1 aromatic rings. The zero-order valence-corrected chi connectivity index (χ0v) is 9.86. The highest BCUT2D eigenvalue weighted by atomic mass is 14.0. The van der Waals surface area contributed by atoms with Crippen molar-refractivity contribution in [1.82, 2.24) is 0 Å². The summed E-state index contributed by atoms with van der Waals surface area (Å²) in [5.74, 6) is 0. The lowest BCUT2D eigenvalue weighted by atomic mass is 10.0. The Morgan fingerprint density at radius 1 is 0.875 bits per heavy atom. The van der Waals surface area contributed by atoms with E-state index < -0.39 is 0 Å². The van der Waals surface area contributed by atoms with Crippen LogP contribution in [0.3, 0.4) is 0 Å². The van der Waals surface area contributed by atoms with Gasteiger partial charge in [-0.25, -0.2) is 0 Å². The van der Waals surface area contributed by atoms with Gasteiger partial charge in [0.05, 0.1) is 0 Å². The van der Waals surface area contributed by atoms with Crippen LogP contribution in [0.15, 0.2) is 54.1 Å². The summed E-state index contributed by atoms with van der Waals surface area (Å²) in [6.45, 7) is 0. The molecule has 0 N–H and O–H groups in total. The monoisotopic (exact) mass is 212 g/mol. The van der Waals surface area contributed by atoms with Crippen molar-refractivity contribution in [2.75, 3.05) is 0 Å². The van der Waals surface area contributed by atoms with Gasteiger partial charge in [-0.3, -0.25) is 0 Å². The fourth-order valence-corrected chi connectivity index (χ4v) is 2.18. The molecule has 0 fully saturated rings. The van der Waals surface area contributed by atoms with Crippen LogP contribution >= 0.6 is 0 Å². The molecule has 0 spiro atoms. The number of aryl methyl sites for hydroxylation is 1. The molecular weight excluding hydrogens is 192 g/mol. The summed E-state index contributed by atoms with van der Waals surface area (Å²) >= 11 is 0. The maximum absolute atomic E-state index is 2.27. The third-order valence-corrected chi connectivity index (χ3v) is 3.15. The molecular formula is C16H20. The number of hydrogen-bond acceptors (Lipinski definition) is 0. The third kappa shape index (κ3) is 3.69. The van der Waals surface area contributed by atoms with E-state index in [1.54, 1.807) is 5.57 Å². The summed E-state index contributed by atoms with van der Waals surface area (Å²) < 4.78 is 0. The maximum atomic E-state index is 2.27. The highest BCUT2D eigenvalue weighted by Gasteiger charge is 1.99. The number of rotatable bonds is 6. The second kappa shape index (κ2) is 6.32. The van der Waals surface area contributed by atoms with Crippen molar-refractivity contribution in [3.05, 3.63) is 59.7 Å². The predicted octanol–water partition coefficient (Wildman–Crippen LogP) is 4.68. The van der Waals surface area contributed by atoms with E-state index >= 15 is 0 Å². The van der Waals surface area contributed by atoms with Crippen LogP contribution in [0.4, 0.5) is 0 Å². The fourth-order valence-electron chi connectivity index (χ4n) is 2.18. The normalized spacial score (nSPS) is 14.1. The summed E-state index contributed by atoms with van der Waals surface area (Å²) in [5.41, 5.74) is 3.09. The Morgan fingerprint density at radius 3 is 2.44 bits per heavy atom. The van der Waals surface area contributed by atoms with Crippen LogP contribution in [0.1, 0.15) is 37.7 Å². The largest absolute Gasteiger partial charge is 0.0805 e. The molecule has 0 aromatic heterocycles. The van der Waals surface area contributed by atoms with Crippen LogP contribution in [0, 0.1) is 0 Å². The summed E-state index contributed by atoms with van der Waals surface area (Å²) in [6.07, 6.45) is 14.5. The second-order valence-electron chi connectivity index (χ2n) is 4.50. The fraction of sp³-hybridized carbons (Fsp3) is 0.375. The molecule has 0 amide bonds. The first-order valence-corrected chi connectivity index (χ1v) is 6.33. The molecule has 2 rings (SSSR count). The van der Waals surface area contributed by atoms with Crippen molar-refractivity contribution in [2.24, 2.45) is 0 Å². The molecule has 0 nitrogen and oxygen atoms in total. The van der Waals surface area contributed by atoms with E-state index in [0.717, 1.165) is 0 Å². The quantitative estimate of drug-likeness (QED) is 0.601. The Bertz CT molecular complexity index is 357. The Hall–Kier alpha value is -1.30. The topological polar surface area (TPSA) is 0 Å². The third-order valence-electron chi connectivity index (χ3n) is 3.15. The van der Waals surface area contributed by atoms with Gasteiger partial charge >= 0.3 is 0 Å². The average Bonchev–Trinajstić information content (AvgIpc) is 2.83. The van der Waals surface area contributed by atoms with Gasteiger partial charge in [0.1, 0.15) is 0 Å². The summed E-state index contributed by atoms with van der Waals surface area (Å²) in [5, 5.41) is 0. The van der Waals surface area contributed by atoms with E-state index in [0.29, 0.717) is 0 Å². The van der Waals surface area contributed by atoms with Crippen LogP contribution in [-0.2, 0) is 6.42 Å². The molecule has 0 saturated carbocycles. The highest BCUT2D eigenvalue weighted by molar-refractivity contribution is 5.22. The molecule has 1 aliphatic rings. The molecule has 84 valence electrons. The van der Waals surface area contributed by atoms with Gasteiger partial charge in [-0.05, 0) is 37.7 Å². The molecule has 1 aliphatic carbocycles. The Kier molecular flexibility index (Phi) is 4.42. The first kappa shape index (κ1) is 11.2. The number of hydrogen-bond donors (Lipinski definition) is 0. The smallest absolute Gasteiger partial charge is 0.0133 e. The molecule has 0 bridgehead atoms. The van der Waals surface area contributed by atoms with Gasteiger partial charge in [0, 0.05) is 0 Å². The standard InChI is InChI=1S/C16H20/c1-3-9-15(10-4-1)11-5-2-6-12-16-13-7-8-14-16/h1,3-4,7-10,13H,2,5-6,11-12,14H2. The maximum Gasteiger partial charge on any atom is -0.0133 e. The minimum Gasteiger partial charge on any atom is -0.0805 e. The van der Waals surface area contributed by atoms with Crippen LogP contribution in [0.25, 0.3) is 0 Å². The molecule has 0 aliphatic heterocycles. The molecule has 16 heavy (non-hydrogen) atoms. The van der Waals surface area contributed by atoms with Crippen LogP contribution in [-0.4, -0.2) is 0 Å². The Morgan fingerprint density at radius 2 is 1.69 bits per heavy atom. The number of benzene rings is 1. The van der Waals surface area contributed by atoms with Crippen molar-refractivity contribution in [1.29, 1.82) is 0 Å². The van der Waals surface area contributed by atoms with Crippen LogP contribution in [0.5, 0.6) is 0 Å². The highest BCUT2D eigenvalue weighted by Crippen LogP contribution is 2.18. The molecule has 0 saturated heterocycles. The van der Waals surface area contributed by atoms with Crippen molar-refractivity contribution >= 4 is 0 Å². The van der Waals surface area contributed by atoms with E-state index in [4.69, 9.17) is 0 Å². The molecule has 0 heteroatoms. The lowest BCUT2D eigenvalue weighted by Crippen LogP contribution is -1.86. The van der Waals surface area contributed by atoms with Gasteiger partial charge in [0.2, 0.25) is 0 Å². The molecule has 0 radical (unpaired) electrons. The number of allylic oxidation sites excluding steroid dienone is 4. The van der Waals surface area contributed by atoms with Gasteiger partial charge in [0.15, 0.2) is 0 Å². The van der Waals surface area contributed by atoms with Crippen LogP contribution < -0.4 is 0 Å². The van der Waals surface area contributed by atoms with E-state index in [1.165, 1.54) is 44.1 Å². The lowest BCUT2D eigenvalue weighted by Gasteiger charge is -2.03. The molecule has 1 aromatic carbocycles. The molecule has 0 heterocycles. The summed E-state index contributed by atoms with van der Waals surface area (Å²) in [4.78, 5) is 0. The van der Waals surface area contributed by atoms with Crippen LogP contribution in [0.2, 0.25) is 0 Å². The van der Waals surface area contributed by atoms with E-state index in [9.17, 15) is 0 Å². The first-order chi connectivity index (χ1) is 7.95. The van der Waals surface area contributed by atoms with Gasteiger partial charge in [0.25, 0.3) is 0 Å². The zero-order valence-electron chi connectivity index (χ0n) is 9.86. The first-order valence-electron chi connectivity index (χ1n) is 6.33. The molecule has 0 unspecified atom stereocenters. The predicted molar refractivity (Wildman–Crippen MR) is 70.5 cm³/mol.